The Hall–Kier alpha value is -0.710. The molecule has 1 aromatic rings. The predicted molar refractivity (Wildman–Crippen MR) is 52.5 cm³/mol. The normalized spacial score (nSPS) is 9.77. The van der Waals surface area contributed by atoms with Gasteiger partial charge in [-0.3, -0.25) is 10.0 Å². The molecule has 0 fully saturated rings. The number of benzene rings is 1. The molecule has 0 unspecified atom stereocenters. The topological polar surface area (TPSA) is 49.3 Å². The number of carbonyl (C=O) groups is 1. The first-order chi connectivity index (χ1) is 6.19. The lowest BCUT2D eigenvalue weighted by atomic mass is 10.2. The zero-order valence-electron chi connectivity index (χ0n) is 6.87. The van der Waals surface area contributed by atoms with Crippen molar-refractivity contribution >= 4 is 29.3 Å². The third-order valence-corrected chi connectivity index (χ3v) is 2.57. The molecule has 0 aliphatic heterocycles. The van der Waals surface area contributed by atoms with Gasteiger partial charge in [0.25, 0.3) is 5.91 Å². The van der Waals surface area contributed by atoms with Crippen LogP contribution in [-0.4, -0.2) is 17.4 Å². The molecule has 1 amide bonds. The second kappa shape index (κ2) is 4.50. The van der Waals surface area contributed by atoms with Crippen molar-refractivity contribution in [3.8, 4) is 0 Å². The Morgan fingerprint density at radius 1 is 1.62 bits per heavy atom. The van der Waals surface area contributed by atoms with Crippen molar-refractivity contribution in [3.05, 3.63) is 28.8 Å². The average Bonchev–Trinajstić information content (AvgIpc) is 2.17. The molecule has 0 heterocycles. The molecule has 3 nitrogen and oxygen atoms in total. The fourth-order valence-electron chi connectivity index (χ4n) is 0.866. The molecule has 70 valence electrons. The molecule has 0 aliphatic rings. The molecule has 0 saturated heterocycles. The fourth-order valence-corrected chi connectivity index (χ4v) is 1.51. The van der Waals surface area contributed by atoms with E-state index in [1.165, 1.54) is 11.8 Å². The Labute approximate surface area is 85.0 Å². The maximum absolute atomic E-state index is 11.0. The first-order valence-corrected chi connectivity index (χ1v) is 5.07. The molecule has 1 aromatic carbocycles. The van der Waals surface area contributed by atoms with E-state index in [0.29, 0.717) is 5.02 Å². The lowest BCUT2D eigenvalue weighted by Crippen LogP contribution is -2.18. The van der Waals surface area contributed by atoms with Crippen LogP contribution in [0.1, 0.15) is 10.4 Å². The first kappa shape index (κ1) is 10.4. The number of hydrogen-bond donors (Lipinski definition) is 2. The van der Waals surface area contributed by atoms with Crippen LogP contribution in [0.2, 0.25) is 5.02 Å². The molecule has 0 saturated carbocycles. The number of hydrogen-bond acceptors (Lipinski definition) is 3. The molecule has 0 bridgehead atoms. The largest absolute Gasteiger partial charge is 0.288 e. The van der Waals surface area contributed by atoms with Crippen LogP contribution in [0, 0.1) is 0 Å². The SMILES string of the molecule is CSc1ccc(Cl)c(C(=O)NO)c1. The number of amides is 1. The minimum absolute atomic E-state index is 0.274. The van der Waals surface area contributed by atoms with Gasteiger partial charge in [0.2, 0.25) is 0 Å². The second-order valence-corrected chi connectivity index (χ2v) is 3.57. The van der Waals surface area contributed by atoms with Crippen LogP contribution in [-0.2, 0) is 0 Å². The van der Waals surface area contributed by atoms with Gasteiger partial charge in [0.15, 0.2) is 0 Å². The van der Waals surface area contributed by atoms with Crippen LogP contribution in [0.3, 0.4) is 0 Å². The minimum atomic E-state index is -0.596. The van der Waals surface area contributed by atoms with Crippen LogP contribution < -0.4 is 5.48 Å². The van der Waals surface area contributed by atoms with Crippen molar-refractivity contribution in [2.75, 3.05) is 6.26 Å². The van der Waals surface area contributed by atoms with Crippen molar-refractivity contribution < 1.29 is 10.0 Å². The van der Waals surface area contributed by atoms with Gasteiger partial charge < -0.3 is 0 Å². The van der Waals surface area contributed by atoms with Crippen molar-refractivity contribution in [1.29, 1.82) is 0 Å². The summed E-state index contributed by atoms with van der Waals surface area (Å²) in [5, 5.41) is 8.73. The zero-order chi connectivity index (χ0) is 9.84. The van der Waals surface area contributed by atoms with Gasteiger partial charge in [-0.1, -0.05) is 11.6 Å². The third kappa shape index (κ3) is 2.37. The number of rotatable bonds is 2. The van der Waals surface area contributed by atoms with Gasteiger partial charge >= 0.3 is 0 Å². The van der Waals surface area contributed by atoms with E-state index >= 15 is 0 Å². The highest BCUT2D eigenvalue weighted by atomic mass is 35.5. The molecule has 13 heavy (non-hydrogen) atoms. The Balaban J connectivity index is 3.11. The van der Waals surface area contributed by atoms with Gasteiger partial charge in [0.05, 0.1) is 10.6 Å². The highest BCUT2D eigenvalue weighted by molar-refractivity contribution is 7.98. The van der Waals surface area contributed by atoms with E-state index in [-0.39, 0.29) is 5.56 Å². The maximum atomic E-state index is 11.0. The molecule has 0 aliphatic carbocycles. The van der Waals surface area contributed by atoms with E-state index in [1.807, 2.05) is 6.26 Å². The maximum Gasteiger partial charge on any atom is 0.276 e. The van der Waals surface area contributed by atoms with Gasteiger partial charge in [0, 0.05) is 4.90 Å². The van der Waals surface area contributed by atoms with Gasteiger partial charge in [-0.25, -0.2) is 5.48 Å². The number of hydroxylamine groups is 1. The van der Waals surface area contributed by atoms with E-state index in [9.17, 15) is 4.79 Å². The number of thioether (sulfide) groups is 1. The molecule has 0 atom stereocenters. The first-order valence-electron chi connectivity index (χ1n) is 3.47. The summed E-state index contributed by atoms with van der Waals surface area (Å²) >= 11 is 7.24. The minimum Gasteiger partial charge on any atom is -0.288 e. The summed E-state index contributed by atoms with van der Waals surface area (Å²) in [6.07, 6.45) is 1.89. The predicted octanol–water partition coefficient (Wildman–Crippen LogP) is 2.18. The zero-order valence-corrected chi connectivity index (χ0v) is 8.45. The lowest BCUT2D eigenvalue weighted by Gasteiger charge is -2.03. The molecular formula is C8H8ClNO2S. The number of halogens is 1. The van der Waals surface area contributed by atoms with Crippen LogP contribution in [0.25, 0.3) is 0 Å². The smallest absolute Gasteiger partial charge is 0.276 e. The van der Waals surface area contributed by atoms with Gasteiger partial charge in [0.1, 0.15) is 0 Å². The summed E-state index contributed by atoms with van der Waals surface area (Å²) in [7, 11) is 0. The van der Waals surface area contributed by atoms with Crippen molar-refractivity contribution in [2.45, 2.75) is 4.90 Å². The van der Waals surface area contributed by atoms with Crippen LogP contribution in [0.15, 0.2) is 23.1 Å². The summed E-state index contributed by atoms with van der Waals surface area (Å²) in [5.41, 5.74) is 1.81. The van der Waals surface area contributed by atoms with Crippen molar-refractivity contribution in [1.82, 2.24) is 5.48 Å². The van der Waals surface area contributed by atoms with Crippen LogP contribution in [0.4, 0.5) is 0 Å². The van der Waals surface area contributed by atoms with Crippen LogP contribution >= 0.6 is 23.4 Å². The summed E-state index contributed by atoms with van der Waals surface area (Å²) in [5.74, 6) is -0.596. The molecule has 0 spiro atoms. The fraction of sp³-hybridized carbons (Fsp3) is 0.125. The van der Waals surface area contributed by atoms with E-state index < -0.39 is 5.91 Å². The molecule has 5 heteroatoms. The highest BCUT2D eigenvalue weighted by Crippen LogP contribution is 2.22. The van der Waals surface area contributed by atoms with E-state index in [1.54, 1.807) is 23.7 Å². The summed E-state index contributed by atoms with van der Waals surface area (Å²) in [6, 6.07) is 5.05. The van der Waals surface area contributed by atoms with Crippen LogP contribution in [0.5, 0.6) is 0 Å². The van der Waals surface area contributed by atoms with Crippen molar-refractivity contribution in [2.24, 2.45) is 0 Å². The lowest BCUT2D eigenvalue weighted by molar-refractivity contribution is 0.0706. The average molecular weight is 218 g/mol. The summed E-state index contributed by atoms with van der Waals surface area (Å²) < 4.78 is 0. The van der Waals surface area contributed by atoms with Crippen molar-refractivity contribution in [3.63, 3.8) is 0 Å². The van der Waals surface area contributed by atoms with E-state index in [0.717, 1.165) is 4.90 Å². The Morgan fingerprint density at radius 2 is 2.31 bits per heavy atom. The monoisotopic (exact) mass is 217 g/mol. The Kier molecular flexibility index (Phi) is 3.59. The Bertz CT molecular complexity index is 330. The summed E-state index contributed by atoms with van der Waals surface area (Å²) in [6.45, 7) is 0. The van der Waals surface area contributed by atoms with E-state index in [2.05, 4.69) is 0 Å². The third-order valence-electron chi connectivity index (χ3n) is 1.52. The molecule has 2 N–H and O–H groups in total. The number of carbonyl (C=O) groups excluding carboxylic acids is 1. The number of nitrogens with one attached hydrogen (secondary N) is 1. The molecule has 0 radical (unpaired) electrons. The Morgan fingerprint density at radius 3 is 2.85 bits per heavy atom. The molecular weight excluding hydrogens is 210 g/mol. The molecule has 1 rings (SSSR count). The summed E-state index contributed by atoms with van der Waals surface area (Å²) in [4.78, 5) is 12.0. The second-order valence-electron chi connectivity index (χ2n) is 2.29. The van der Waals surface area contributed by atoms with Gasteiger partial charge in [-0.15, -0.1) is 11.8 Å². The standard InChI is InChI=1S/C8H8ClNO2S/c1-13-5-2-3-7(9)6(4-5)8(11)10-12/h2-4,12H,1H3,(H,10,11). The van der Waals surface area contributed by atoms with Gasteiger partial charge in [-0.2, -0.15) is 0 Å². The quantitative estimate of drug-likeness (QED) is 0.454. The van der Waals surface area contributed by atoms with Gasteiger partial charge in [-0.05, 0) is 24.5 Å². The molecule has 0 aromatic heterocycles. The van der Waals surface area contributed by atoms with E-state index in [4.69, 9.17) is 16.8 Å². The highest BCUT2D eigenvalue weighted by Gasteiger charge is 2.09.